The van der Waals surface area contributed by atoms with Crippen molar-refractivity contribution in [2.45, 2.75) is 6.92 Å². The van der Waals surface area contributed by atoms with Crippen molar-refractivity contribution in [1.82, 2.24) is 15.0 Å². The van der Waals surface area contributed by atoms with E-state index in [0.29, 0.717) is 5.82 Å². The van der Waals surface area contributed by atoms with Crippen LogP contribution in [-0.2, 0) is 0 Å². The first-order valence-electron chi connectivity index (χ1n) is 8.37. The monoisotopic (exact) mass is 356 g/mol. The van der Waals surface area contributed by atoms with Gasteiger partial charge in [-0.25, -0.2) is 14.8 Å². The maximum atomic E-state index is 11.2. The van der Waals surface area contributed by atoms with Gasteiger partial charge >= 0.3 is 5.97 Å². The van der Waals surface area contributed by atoms with Gasteiger partial charge in [-0.3, -0.25) is 4.98 Å². The lowest BCUT2D eigenvalue weighted by Crippen LogP contribution is -1.98. The Morgan fingerprint density at radius 2 is 1.89 bits per heavy atom. The normalized spacial score (nSPS) is 10.7. The summed E-state index contributed by atoms with van der Waals surface area (Å²) in [6, 6.07) is 15.4. The molecule has 132 valence electrons. The number of anilines is 2. The molecule has 0 aliphatic heterocycles. The average molecular weight is 356 g/mol. The number of nitrogens with one attached hydrogen (secondary N) is 1. The van der Waals surface area contributed by atoms with Crippen molar-refractivity contribution in [2.75, 3.05) is 5.32 Å². The topological polar surface area (TPSA) is 88.0 Å². The molecule has 0 spiro atoms. The lowest BCUT2D eigenvalue weighted by Gasteiger charge is -2.10. The summed E-state index contributed by atoms with van der Waals surface area (Å²) in [6.07, 6.45) is 4.50. The molecule has 4 aromatic rings. The number of pyridine rings is 1. The lowest BCUT2D eigenvalue weighted by molar-refractivity contribution is 0.0696. The number of aromatic carboxylic acids is 1. The van der Waals surface area contributed by atoms with E-state index in [9.17, 15) is 9.90 Å². The number of hydrogen-bond acceptors (Lipinski definition) is 5. The summed E-state index contributed by atoms with van der Waals surface area (Å²) in [5.41, 5.74) is 4.61. The molecule has 0 aliphatic carbocycles. The second kappa shape index (κ2) is 6.84. The number of hydrogen-bond donors (Lipinski definition) is 2. The molecule has 0 aliphatic rings. The Bertz CT molecular complexity index is 1160. The van der Waals surface area contributed by atoms with Crippen LogP contribution in [0.15, 0.2) is 67.3 Å². The zero-order valence-corrected chi connectivity index (χ0v) is 14.5. The molecule has 0 amide bonds. The lowest BCUT2D eigenvalue weighted by atomic mass is 10.0. The first-order valence-corrected chi connectivity index (χ1v) is 8.37. The van der Waals surface area contributed by atoms with Crippen molar-refractivity contribution in [1.29, 1.82) is 0 Å². The standard InChI is InChI=1S/C21H16N4O2/c1-13-3-2-4-17(7-13)25-20-18-9-14(5-6-19(18)23-12-24-20)15-8-16(21(26)27)11-22-10-15/h2-12H,1H3,(H,26,27)(H,23,24,25). The van der Waals surface area contributed by atoms with Crippen molar-refractivity contribution in [3.8, 4) is 11.1 Å². The van der Waals surface area contributed by atoms with Gasteiger partial charge in [-0.2, -0.15) is 0 Å². The average Bonchev–Trinajstić information content (AvgIpc) is 2.68. The van der Waals surface area contributed by atoms with E-state index in [-0.39, 0.29) is 5.56 Å². The Morgan fingerprint density at radius 1 is 1.00 bits per heavy atom. The molecule has 6 heteroatoms. The van der Waals surface area contributed by atoms with Gasteiger partial charge in [0.25, 0.3) is 0 Å². The van der Waals surface area contributed by atoms with Gasteiger partial charge in [-0.1, -0.05) is 18.2 Å². The second-order valence-electron chi connectivity index (χ2n) is 6.22. The number of fused-ring (bicyclic) bond motifs is 1. The van der Waals surface area contributed by atoms with Gasteiger partial charge in [-0.15, -0.1) is 0 Å². The van der Waals surface area contributed by atoms with Crippen LogP contribution in [0.3, 0.4) is 0 Å². The second-order valence-corrected chi connectivity index (χ2v) is 6.22. The fraction of sp³-hybridized carbons (Fsp3) is 0.0476. The highest BCUT2D eigenvalue weighted by atomic mass is 16.4. The third kappa shape index (κ3) is 3.46. The molecule has 6 nitrogen and oxygen atoms in total. The molecule has 0 radical (unpaired) electrons. The maximum absolute atomic E-state index is 11.2. The Balaban J connectivity index is 1.79. The molecule has 2 heterocycles. The van der Waals surface area contributed by atoms with E-state index < -0.39 is 5.97 Å². The molecule has 0 fully saturated rings. The predicted octanol–water partition coefficient (Wildman–Crippen LogP) is 4.44. The van der Waals surface area contributed by atoms with Crippen LogP contribution in [-0.4, -0.2) is 26.0 Å². The highest BCUT2D eigenvalue weighted by Gasteiger charge is 2.09. The highest BCUT2D eigenvalue weighted by molar-refractivity contribution is 5.94. The van der Waals surface area contributed by atoms with E-state index >= 15 is 0 Å². The van der Waals surface area contributed by atoms with E-state index in [4.69, 9.17) is 0 Å². The minimum Gasteiger partial charge on any atom is -0.478 e. The number of carbonyl (C=O) groups is 1. The largest absolute Gasteiger partial charge is 0.478 e. The molecule has 2 aromatic heterocycles. The number of nitrogens with zero attached hydrogens (tertiary/aromatic N) is 3. The summed E-state index contributed by atoms with van der Waals surface area (Å²) >= 11 is 0. The molecule has 0 unspecified atom stereocenters. The van der Waals surface area contributed by atoms with E-state index in [1.165, 1.54) is 12.5 Å². The summed E-state index contributed by atoms with van der Waals surface area (Å²) in [5.74, 6) is -0.315. The molecular formula is C21H16N4O2. The van der Waals surface area contributed by atoms with Crippen LogP contribution >= 0.6 is 0 Å². The van der Waals surface area contributed by atoms with Crippen LogP contribution in [0.4, 0.5) is 11.5 Å². The molecular weight excluding hydrogens is 340 g/mol. The Hall–Kier alpha value is -3.80. The van der Waals surface area contributed by atoms with E-state index in [1.807, 2.05) is 49.4 Å². The molecule has 0 bridgehead atoms. The SMILES string of the molecule is Cc1cccc(Nc2ncnc3ccc(-c4cncc(C(=O)O)c4)cc23)c1. The van der Waals surface area contributed by atoms with E-state index in [0.717, 1.165) is 33.3 Å². The Kier molecular flexibility index (Phi) is 4.22. The summed E-state index contributed by atoms with van der Waals surface area (Å²) < 4.78 is 0. The van der Waals surface area contributed by atoms with Crippen LogP contribution in [0.5, 0.6) is 0 Å². The molecule has 0 saturated carbocycles. The molecule has 0 saturated heterocycles. The van der Waals surface area contributed by atoms with Crippen LogP contribution in [0.1, 0.15) is 15.9 Å². The van der Waals surface area contributed by atoms with Gasteiger partial charge in [-0.05, 0) is 48.4 Å². The Labute approximate surface area is 155 Å². The summed E-state index contributed by atoms with van der Waals surface area (Å²) in [5, 5.41) is 13.4. The van der Waals surface area contributed by atoms with Gasteiger partial charge in [0.2, 0.25) is 0 Å². The van der Waals surface area contributed by atoms with Crippen LogP contribution in [0.25, 0.3) is 22.0 Å². The smallest absolute Gasteiger partial charge is 0.337 e. The van der Waals surface area contributed by atoms with Gasteiger partial charge in [0.15, 0.2) is 0 Å². The van der Waals surface area contributed by atoms with Crippen molar-refractivity contribution in [2.24, 2.45) is 0 Å². The summed E-state index contributed by atoms with van der Waals surface area (Å²) in [7, 11) is 0. The molecule has 27 heavy (non-hydrogen) atoms. The number of carboxylic acids is 1. The van der Waals surface area contributed by atoms with E-state index in [2.05, 4.69) is 20.3 Å². The van der Waals surface area contributed by atoms with Gasteiger partial charge in [0.1, 0.15) is 12.1 Å². The summed E-state index contributed by atoms with van der Waals surface area (Å²) in [6.45, 7) is 2.03. The predicted molar refractivity (Wildman–Crippen MR) is 104 cm³/mol. The number of benzene rings is 2. The number of aryl methyl sites for hydroxylation is 1. The molecule has 4 rings (SSSR count). The van der Waals surface area contributed by atoms with Crippen molar-refractivity contribution >= 4 is 28.4 Å². The fourth-order valence-electron chi connectivity index (χ4n) is 2.91. The number of aromatic nitrogens is 3. The molecule has 2 N–H and O–H groups in total. The molecule has 2 aromatic carbocycles. The number of carboxylic acid groups (broad SMARTS) is 1. The summed E-state index contributed by atoms with van der Waals surface area (Å²) in [4.78, 5) is 23.9. The minimum absolute atomic E-state index is 0.148. The molecule has 0 atom stereocenters. The van der Waals surface area contributed by atoms with Crippen molar-refractivity contribution in [3.05, 3.63) is 78.4 Å². The minimum atomic E-state index is -1.00. The maximum Gasteiger partial charge on any atom is 0.337 e. The van der Waals surface area contributed by atoms with Crippen LogP contribution < -0.4 is 5.32 Å². The van der Waals surface area contributed by atoms with Crippen molar-refractivity contribution in [3.63, 3.8) is 0 Å². The zero-order chi connectivity index (χ0) is 18.8. The highest BCUT2D eigenvalue weighted by Crippen LogP contribution is 2.28. The Morgan fingerprint density at radius 3 is 2.70 bits per heavy atom. The van der Waals surface area contributed by atoms with Crippen LogP contribution in [0.2, 0.25) is 0 Å². The number of rotatable bonds is 4. The third-order valence-electron chi connectivity index (χ3n) is 4.23. The van der Waals surface area contributed by atoms with Gasteiger partial charge in [0, 0.05) is 29.0 Å². The first kappa shape index (κ1) is 16.7. The van der Waals surface area contributed by atoms with E-state index in [1.54, 1.807) is 12.3 Å². The quantitative estimate of drug-likeness (QED) is 0.562. The van der Waals surface area contributed by atoms with Gasteiger partial charge < -0.3 is 10.4 Å². The first-order chi connectivity index (χ1) is 13.1. The third-order valence-corrected chi connectivity index (χ3v) is 4.23. The fourth-order valence-corrected chi connectivity index (χ4v) is 2.91. The van der Waals surface area contributed by atoms with Crippen molar-refractivity contribution < 1.29 is 9.90 Å². The zero-order valence-electron chi connectivity index (χ0n) is 14.5. The van der Waals surface area contributed by atoms with Crippen LogP contribution in [0, 0.1) is 6.92 Å². The van der Waals surface area contributed by atoms with Gasteiger partial charge in [0.05, 0.1) is 11.1 Å².